The number of rotatable bonds is 4. The van der Waals surface area contributed by atoms with E-state index in [4.69, 9.17) is 18.2 Å². The van der Waals surface area contributed by atoms with Crippen molar-refractivity contribution in [1.29, 1.82) is 0 Å². The SMILES string of the molecule is COc1cc(OSC)cc(B2OC(C)(C)C(C)(C)O2)c1. The van der Waals surface area contributed by atoms with E-state index in [1.54, 1.807) is 7.11 Å². The van der Waals surface area contributed by atoms with Crippen LogP contribution >= 0.6 is 12.0 Å². The molecule has 1 aromatic rings. The van der Waals surface area contributed by atoms with Crippen LogP contribution in [0.5, 0.6) is 11.5 Å². The molecular weight excluding hydrogens is 275 g/mol. The summed E-state index contributed by atoms with van der Waals surface area (Å²) in [5.41, 5.74) is 0.176. The molecule has 0 aliphatic carbocycles. The van der Waals surface area contributed by atoms with Crippen LogP contribution in [0.25, 0.3) is 0 Å². The Kier molecular flexibility index (Phi) is 4.28. The Morgan fingerprint density at radius 2 is 1.55 bits per heavy atom. The molecule has 1 fully saturated rings. The summed E-state index contributed by atoms with van der Waals surface area (Å²) in [5, 5.41) is 0. The van der Waals surface area contributed by atoms with E-state index in [2.05, 4.69) is 0 Å². The maximum atomic E-state index is 6.04. The molecule has 1 aliphatic rings. The summed E-state index contributed by atoms with van der Waals surface area (Å²) in [6.07, 6.45) is 1.87. The maximum Gasteiger partial charge on any atom is 0.495 e. The summed E-state index contributed by atoms with van der Waals surface area (Å²) in [4.78, 5) is 0. The first-order valence-electron chi connectivity index (χ1n) is 6.54. The van der Waals surface area contributed by atoms with Crippen molar-refractivity contribution in [3.05, 3.63) is 18.2 Å². The number of hydrogen-bond donors (Lipinski definition) is 0. The number of methoxy groups -OCH3 is 1. The Labute approximate surface area is 125 Å². The maximum absolute atomic E-state index is 6.04. The second kappa shape index (κ2) is 5.50. The molecule has 2 rings (SSSR count). The molecule has 0 bridgehead atoms. The van der Waals surface area contributed by atoms with Crippen molar-refractivity contribution in [3.63, 3.8) is 0 Å². The highest BCUT2D eigenvalue weighted by atomic mass is 32.2. The molecule has 6 heteroatoms. The Bertz CT molecular complexity index is 474. The number of hydrogen-bond acceptors (Lipinski definition) is 5. The first-order chi connectivity index (χ1) is 9.29. The van der Waals surface area contributed by atoms with Crippen LogP contribution in [0.15, 0.2) is 18.2 Å². The largest absolute Gasteiger partial charge is 0.497 e. The van der Waals surface area contributed by atoms with E-state index in [9.17, 15) is 0 Å². The summed E-state index contributed by atoms with van der Waals surface area (Å²) in [6.45, 7) is 8.14. The fourth-order valence-electron chi connectivity index (χ4n) is 1.97. The van der Waals surface area contributed by atoms with Gasteiger partial charge < -0.3 is 18.2 Å². The van der Waals surface area contributed by atoms with Gasteiger partial charge in [0.1, 0.15) is 11.5 Å². The third-order valence-electron chi connectivity index (χ3n) is 3.84. The average molecular weight is 296 g/mol. The Morgan fingerprint density at radius 1 is 1.00 bits per heavy atom. The lowest BCUT2D eigenvalue weighted by atomic mass is 9.79. The molecule has 0 spiro atoms. The van der Waals surface area contributed by atoms with Gasteiger partial charge in [-0.05, 0) is 45.3 Å². The van der Waals surface area contributed by atoms with Gasteiger partial charge in [-0.3, -0.25) is 0 Å². The summed E-state index contributed by atoms with van der Waals surface area (Å²) in [5.74, 6) is 1.45. The molecule has 0 amide bonds. The minimum Gasteiger partial charge on any atom is -0.497 e. The third kappa shape index (κ3) is 2.92. The van der Waals surface area contributed by atoms with Crippen molar-refractivity contribution in [1.82, 2.24) is 0 Å². The molecule has 0 unspecified atom stereocenters. The van der Waals surface area contributed by atoms with Crippen molar-refractivity contribution < 1.29 is 18.2 Å². The van der Waals surface area contributed by atoms with E-state index in [0.29, 0.717) is 0 Å². The van der Waals surface area contributed by atoms with Gasteiger partial charge in [-0.25, -0.2) is 0 Å². The highest BCUT2D eigenvalue weighted by molar-refractivity contribution is 7.94. The van der Waals surface area contributed by atoms with Crippen LogP contribution in [0.3, 0.4) is 0 Å². The molecule has 110 valence electrons. The Morgan fingerprint density at radius 3 is 2.05 bits per heavy atom. The lowest BCUT2D eigenvalue weighted by Crippen LogP contribution is -2.41. The number of ether oxygens (including phenoxy) is 1. The van der Waals surface area contributed by atoms with E-state index in [1.165, 1.54) is 12.0 Å². The predicted octanol–water partition coefficient (Wildman–Crippen LogP) is 2.65. The van der Waals surface area contributed by atoms with Crippen molar-refractivity contribution in [2.75, 3.05) is 13.4 Å². The van der Waals surface area contributed by atoms with Crippen LogP contribution in [0.4, 0.5) is 0 Å². The Balaban J connectivity index is 2.31. The fourth-order valence-corrected chi connectivity index (χ4v) is 2.26. The van der Waals surface area contributed by atoms with Crippen molar-refractivity contribution >= 4 is 24.6 Å². The monoisotopic (exact) mass is 296 g/mol. The lowest BCUT2D eigenvalue weighted by Gasteiger charge is -2.32. The van der Waals surface area contributed by atoms with Crippen LogP contribution in [0.2, 0.25) is 0 Å². The molecule has 4 nitrogen and oxygen atoms in total. The van der Waals surface area contributed by atoms with Gasteiger partial charge in [-0.15, -0.1) is 0 Å². The minimum atomic E-state index is -0.417. The first-order valence-corrected chi connectivity index (χ1v) is 7.69. The van der Waals surface area contributed by atoms with E-state index in [-0.39, 0.29) is 11.2 Å². The van der Waals surface area contributed by atoms with Gasteiger partial charge in [-0.2, -0.15) is 0 Å². The van der Waals surface area contributed by atoms with Gasteiger partial charge in [-0.1, -0.05) is 0 Å². The second-order valence-electron chi connectivity index (χ2n) is 5.78. The molecule has 0 radical (unpaired) electrons. The molecule has 20 heavy (non-hydrogen) atoms. The molecule has 1 aromatic carbocycles. The normalized spacial score (nSPS) is 20.0. The zero-order valence-corrected chi connectivity index (χ0v) is 13.7. The third-order valence-corrected chi connectivity index (χ3v) is 4.20. The van der Waals surface area contributed by atoms with E-state index in [0.717, 1.165) is 17.0 Å². The topological polar surface area (TPSA) is 36.9 Å². The second-order valence-corrected chi connectivity index (χ2v) is 6.28. The van der Waals surface area contributed by atoms with Gasteiger partial charge in [0.25, 0.3) is 0 Å². The van der Waals surface area contributed by atoms with Gasteiger partial charge in [0.15, 0.2) is 0 Å². The Hall–Kier alpha value is -0.845. The van der Waals surface area contributed by atoms with Crippen LogP contribution < -0.4 is 14.4 Å². The van der Waals surface area contributed by atoms with Crippen molar-refractivity contribution in [2.24, 2.45) is 0 Å². The molecule has 1 aliphatic heterocycles. The zero-order chi connectivity index (χ0) is 15.0. The van der Waals surface area contributed by atoms with E-state index >= 15 is 0 Å². The number of benzene rings is 1. The van der Waals surface area contributed by atoms with E-state index < -0.39 is 7.12 Å². The van der Waals surface area contributed by atoms with Crippen LogP contribution in [0.1, 0.15) is 27.7 Å². The highest BCUT2D eigenvalue weighted by Crippen LogP contribution is 2.37. The molecule has 1 heterocycles. The summed E-state index contributed by atoms with van der Waals surface area (Å²) in [7, 11) is 1.21. The fraction of sp³-hybridized carbons (Fsp3) is 0.571. The molecule has 0 aromatic heterocycles. The van der Waals surface area contributed by atoms with E-state index in [1.807, 2.05) is 52.1 Å². The molecule has 0 N–H and O–H groups in total. The van der Waals surface area contributed by atoms with Crippen LogP contribution in [0, 0.1) is 0 Å². The van der Waals surface area contributed by atoms with Crippen molar-refractivity contribution in [3.8, 4) is 11.5 Å². The van der Waals surface area contributed by atoms with Gasteiger partial charge >= 0.3 is 7.12 Å². The molecule has 1 saturated heterocycles. The summed E-state index contributed by atoms with van der Waals surface area (Å²) in [6, 6.07) is 5.67. The quantitative estimate of drug-likeness (QED) is 0.630. The first kappa shape index (κ1) is 15.5. The smallest absolute Gasteiger partial charge is 0.495 e. The standard InChI is InChI=1S/C14H21BO4S/c1-13(2)14(3,4)19-15(18-13)10-7-11(16-5)9-12(8-10)17-20-6/h7-9H,1-6H3. The van der Waals surface area contributed by atoms with Gasteiger partial charge in [0, 0.05) is 12.3 Å². The van der Waals surface area contributed by atoms with Crippen LogP contribution in [-0.2, 0) is 9.31 Å². The predicted molar refractivity (Wildman–Crippen MR) is 82.9 cm³/mol. The highest BCUT2D eigenvalue weighted by Gasteiger charge is 2.51. The molecular formula is C14H21BO4S. The van der Waals surface area contributed by atoms with Crippen molar-refractivity contribution in [2.45, 2.75) is 38.9 Å². The van der Waals surface area contributed by atoms with Crippen LogP contribution in [-0.4, -0.2) is 31.7 Å². The zero-order valence-electron chi connectivity index (χ0n) is 12.9. The molecule has 0 atom stereocenters. The minimum absolute atomic E-state index is 0.360. The van der Waals surface area contributed by atoms with Gasteiger partial charge in [0.2, 0.25) is 0 Å². The summed E-state index contributed by atoms with van der Waals surface area (Å²) >= 11 is 1.29. The average Bonchev–Trinajstić information content (AvgIpc) is 2.58. The molecule has 0 saturated carbocycles. The van der Waals surface area contributed by atoms with Gasteiger partial charge in [0.05, 0.1) is 30.4 Å². The summed E-state index contributed by atoms with van der Waals surface area (Å²) < 4.78 is 22.9. The lowest BCUT2D eigenvalue weighted by molar-refractivity contribution is 0.00578.